The van der Waals surface area contributed by atoms with Gasteiger partial charge in [0.05, 0.1) is 22.8 Å². The molecule has 0 unspecified atom stereocenters. The molecule has 4 aromatic rings. The fraction of sp³-hybridized carbons (Fsp3) is 0. The second-order valence-electron chi connectivity index (χ2n) is 6.32. The van der Waals surface area contributed by atoms with E-state index < -0.39 is 17.6 Å². The van der Waals surface area contributed by atoms with Crippen LogP contribution in [0.5, 0.6) is 0 Å². The predicted molar refractivity (Wildman–Crippen MR) is 109 cm³/mol. The minimum Gasteiger partial charge on any atom is -0.319 e. The Balaban J connectivity index is 1.68. The molecule has 2 amide bonds. The number of imidazole rings is 1. The van der Waals surface area contributed by atoms with E-state index in [0.717, 1.165) is 0 Å². The van der Waals surface area contributed by atoms with Crippen molar-refractivity contribution in [2.75, 3.05) is 10.6 Å². The largest absolute Gasteiger partial charge is 0.319 e. The second-order valence-corrected chi connectivity index (χ2v) is 6.32. The molecule has 0 spiro atoms. The fourth-order valence-corrected chi connectivity index (χ4v) is 2.96. The zero-order valence-electron chi connectivity index (χ0n) is 15.5. The number of benzene rings is 2. The van der Waals surface area contributed by atoms with Crippen molar-refractivity contribution in [1.82, 2.24) is 9.38 Å². The Hall–Kier alpha value is -4.51. The first-order chi connectivity index (χ1) is 14.6. The summed E-state index contributed by atoms with van der Waals surface area (Å²) in [4.78, 5) is 29.7. The lowest BCUT2D eigenvalue weighted by molar-refractivity contribution is 0.101. The van der Waals surface area contributed by atoms with Gasteiger partial charge in [0.2, 0.25) is 5.82 Å². The molecule has 0 aliphatic rings. The number of carbonyl (C=O) groups is 2. The molecule has 0 atom stereocenters. The van der Waals surface area contributed by atoms with Gasteiger partial charge in [0, 0.05) is 11.9 Å². The van der Waals surface area contributed by atoms with E-state index in [1.165, 1.54) is 28.7 Å². The van der Waals surface area contributed by atoms with Crippen LogP contribution >= 0.6 is 0 Å². The number of hydrogen-bond donors (Lipinski definition) is 2. The molecule has 7 nitrogen and oxygen atoms in total. The summed E-state index contributed by atoms with van der Waals surface area (Å²) in [5.41, 5.74) is 1.20. The molecule has 30 heavy (non-hydrogen) atoms. The summed E-state index contributed by atoms with van der Waals surface area (Å²) in [6.45, 7) is 0. The van der Waals surface area contributed by atoms with Gasteiger partial charge in [0.1, 0.15) is 5.82 Å². The number of anilines is 2. The van der Waals surface area contributed by atoms with E-state index in [9.17, 15) is 14.0 Å². The van der Waals surface area contributed by atoms with E-state index in [1.807, 2.05) is 6.07 Å². The lowest BCUT2D eigenvalue weighted by Gasteiger charge is -2.04. The van der Waals surface area contributed by atoms with Crippen molar-refractivity contribution in [3.63, 3.8) is 0 Å². The van der Waals surface area contributed by atoms with Crippen molar-refractivity contribution in [2.45, 2.75) is 0 Å². The Bertz CT molecular complexity index is 1320. The number of amides is 2. The lowest BCUT2D eigenvalue weighted by atomic mass is 10.2. The van der Waals surface area contributed by atoms with E-state index in [4.69, 9.17) is 5.26 Å². The van der Waals surface area contributed by atoms with Crippen LogP contribution in [-0.2, 0) is 0 Å². The molecule has 146 valence electrons. The summed E-state index contributed by atoms with van der Waals surface area (Å²) < 4.78 is 15.4. The van der Waals surface area contributed by atoms with E-state index in [2.05, 4.69) is 15.6 Å². The van der Waals surface area contributed by atoms with Gasteiger partial charge in [-0.2, -0.15) is 5.26 Å². The monoisotopic (exact) mass is 399 g/mol. The first-order valence-corrected chi connectivity index (χ1v) is 8.91. The Morgan fingerprint density at radius 1 is 0.967 bits per heavy atom. The van der Waals surface area contributed by atoms with Crippen molar-refractivity contribution in [3.8, 4) is 6.07 Å². The quantitative estimate of drug-likeness (QED) is 0.544. The van der Waals surface area contributed by atoms with Crippen LogP contribution in [-0.4, -0.2) is 21.2 Å². The predicted octanol–water partition coefficient (Wildman–Crippen LogP) is 3.85. The van der Waals surface area contributed by atoms with Crippen LogP contribution in [0.3, 0.4) is 0 Å². The highest BCUT2D eigenvalue weighted by Gasteiger charge is 2.22. The van der Waals surface area contributed by atoms with Crippen LogP contribution in [0.25, 0.3) is 5.52 Å². The Kier molecular flexibility index (Phi) is 4.93. The molecular weight excluding hydrogens is 385 g/mol. The Morgan fingerprint density at radius 3 is 2.57 bits per heavy atom. The highest BCUT2D eigenvalue weighted by Crippen LogP contribution is 2.19. The number of hydrogen-bond acceptors (Lipinski definition) is 4. The third-order valence-electron chi connectivity index (χ3n) is 4.34. The van der Waals surface area contributed by atoms with Crippen molar-refractivity contribution >= 4 is 28.7 Å². The number of fused-ring (bicyclic) bond motifs is 1. The number of aromatic nitrogens is 2. The van der Waals surface area contributed by atoms with Crippen LogP contribution in [0.1, 0.15) is 26.7 Å². The van der Waals surface area contributed by atoms with E-state index in [0.29, 0.717) is 16.8 Å². The average molecular weight is 399 g/mol. The van der Waals surface area contributed by atoms with E-state index >= 15 is 0 Å². The number of para-hydroxylation sites is 1. The number of nitrogens with zero attached hydrogens (tertiary/aromatic N) is 3. The molecule has 0 bridgehead atoms. The van der Waals surface area contributed by atoms with Gasteiger partial charge in [0.15, 0.2) is 5.69 Å². The molecule has 8 heteroatoms. The van der Waals surface area contributed by atoms with Gasteiger partial charge in [-0.25, -0.2) is 9.37 Å². The Morgan fingerprint density at radius 2 is 1.77 bits per heavy atom. The molecule has 0 radical (unpaired) electrons. The minimum absolute atomic E-state index is 0.0129. The highest BCUT2D eigenvalue weighted by molar-refractivity contribution is 6.10. The van der Waals surface area contributed by atoms with E-state index in [-0.39, 0.29) is 17.2 Å². The highest BCUT2D eigenvalue weighted by atomic mass is 19.1. The molecule has 4 rings (SSSR count). The Labute approximate surface area is 170 Å². The molecule has 0 aliphatic heterocycles. The fourth-order valence-electron chi connectivity index (χ4n) is 2.96. The third kappa shape index (κ3) is 3.59. The molecule has 0 fully saturated rings. The van der Waals surface area contributed by atoms with Gasteiger partial charge in [-0.3, -0.25) is 14.0 Å². The number of carbonyl (C=O) groups excluding carboxylic acids is 2. The summed E-state index contributed by atoms with van der Waals surface area (Å²) in [7, 11) is 0. The van der Waals surface area contributed by atoms with Crippen molar-refractivity contribution in [3.05, 3.63) is 95.8 Å². The molecule has 0 aliphatic carbocycles. The lowest BCUT2D eigenvalue weighted by Crippen LogP contribution is -2.16. The molecule has 2 aromatic heterocycles. The van der Waals surface area contributed by atoms with Crippen LogP contribution in [0.15, 0.2) is 72.9 Å². The van der Waals surface area contributed by atoms with Crippen LogP contribution < -0.4 is 10.6 Å². The first-order valence-electron chi connectivity index (χ1n) is 8.91. The van der Waals surface area contributed by atoms with Crippen LogP contribution in [0, 0.1) is 17.1 Å². The SMILES string of the molecule is N#Cc1cccc(NC(=O)c2nc(C(=O)Nc3ccccc3F)c3ccccn23)c1. The van der Waals surface area contributed by atoms with Crippen molar-refractivity contribution in [2.24, 2.45) is 0 Å². The number of rotatable bonds is 4. The molecule has 2 aromatic carbocycles. The number of nitrogens with one attached hydrogen (secondary N) is 2. The topological polar surface area (TPSA) is 99.3 Å². The van der Waals surface area contributed by atoms with Gasteiger partial charge in [-0.05, 0) is 42.5 Å². The summed E-state index contributed by atoms with van der Waals surface area (Å²) >= 11 is 0. The standard InChI is InChI=1S/C22H14FN5O2/c23-16-8-1-2-9-17(16)26-21(29)19-18-10-3-4-11-28(18)20(27-19)22(30)25-15-7-5-6-14(12-15)13-24/h1-12H,(H,25,30)(H,26,29). The first kappa shape index (κ1) is 18.8. The zero-order valence-corrected chi connectivity index (χ0v) is 15.5. The molecule has 2 heterocycles. The van der Waals surface area contributed by atoms with Crippen molar-refractivity contribution < 1.29 is 14.0 Å². The van der Waals surface area contributed by atoms with Gasteiger partial charge < -0.3 is 10.6 Å². The molecule has 2 N–H and O–H groups in total. The van der Waals surface area contributed by atoms with Gasteiger partial charge in [0.25, 0.3) is 11.8 Å². The smallest absolute Gasteiger partial charge is 0.292 e. The maximum Gasteiger partial charge on any atom is 0.292 e. The third-order valence-corrected chi connectivity index (χ3v) is 4.34. The van der Waals surface area contributed by atoms with Crippen molar-refractivity contribution in [1.29, 1.82) is 5.26 Å². The second kappa shape index (κ2) is 7.85. The van der Waals surface area contributed by atoms with Crippen LogP contribution in [0.4, 0.5) is 15.8 Å². The van der Waals surface area contributed by atoms with Gasteiger partial charge in [-0.15, -0.1) is 0 Å². The van der Waals surface area contributed by atoms with Gasteiger partial charge in [-0.1, -0.05) is 24.3 Å². The molecular formula is C22H14FN5O2. The molecule has 0 saturated carbocycles. The van der Waals surface area contributed by atoms with Gasteiger partial charge >= 0.3 is 0 Å². The average Bonchev–Trinajstić information content (AvgIpc) is 3.15. The molecule has 0 saturated heterocycles. The number of halogens is 1. The van der Waals surface area contributed by atoms with Crippen LogP contribution in [0.2, 0.25) is 0 Å². The summed E-state index contributed by atoms with van der Waals surface area (Å²) in [5, 5.41) is 14.2. The summed E-state index contributed by atoms with van der Waals surface area (Å²) in [6.07, 6.45) is 1.60. The number of pyridine rings is 1. The summed E-state index contributed by atoms with van der Waals surface area (Å²) in [6, 6.07) is 19.2. The van der Waals surface area contributed by atoms with E-state index in [1.54, 1.807) is 48.7 Å². The zero-order chi connectivity index (χ0) is 21.1. The minimum atomic E-state index is -0.644. The normalized spacial score (nSPS) is 10.4. The maximum atomic E-state index is 13.9. The number of nitriles is 1. The summed E-state index contributed by atoms with van der Waals surface area (Å²) in [5.74, 6) is -1.80. The maximum absolute atomic E-state index is 13.9.